The number of carbonyl (C=O) groups excluding carboxylic acids is 3. The molecule has 8 nitrogen and oxygen atoms in total. The lowest BCUT2D eigenvalue weighted by Gasteiger charge is -2.07. The fraction of sp³-hybridized carbons (Fsp3) is 0.812. The van der Waals surface area contributed by atoms with Crippen LogP contribution in [0.5, 0.6) is 0 Å². The fourth-order valence-electron chi connectivity index (χ4n) is 1.71. The number of amides is 2. The van der Waals surface area contributed by atoms with E-state index in [-0.39, 0.29) is 37.1 Å². The molecule has 0 fully saturated rings. The largest absolute Gasteiger partial charge is 0.379 e. The summed E-state index contributed by atoms with van der Waals surface area (Å²) in [6, 6.07) is 0. The second-order valence-corrected chi connectivity index (χ2v) is 5.30. The third-order valence-corrected chi connectivity index (χ3v) is 3.11. The van der Waals surface area contributed by atoms with Crippen LogP contribution in [0.4, 0.5) is 0 Å². The molecule has 8 heteroatoms. The number of rotatable bonds is 16. The molecule has 0 aliphatic heterocycles. The number of hydrogen-bond acceptors (Lipinski definition) is 6. The van der Waals surface area contributed by atoms with Crippen LogP contribution in [0.1, 0.15) is 39.0 Å². The number of carbonyl (C=O) groups is 3. The van der Waals surface area contributed by atoms with Crippen molar-refractivity contribution < 1.29 is 23.9 Å². The van der Waals surface area contributed by atoms with E-state index >= 15 is 0 Å². The molecule has 24 heavy (non-hydrogen) atoms. The average Bonchev–Trinajstić information content (AvgIpc) is 2.59. The van der Waals surface area contributed by atoms with E-state index in [1.807, 2.05) is 6.92 Å². The number of ether oxygens (including phenoxy) is 2. The maximum absolute atomic E-state index is 11.5. The van der Waals surface area contributed by atoms with Gasteiger partial charge in [0.2, 0.25) is 11.8 Å². The van der Waals surface area contributed by atoms with Crippen molar-refractivity contribution in [1.29, 1.82) is 0 Å². The second kappa shape index (κ2) is 16.4. The Morgan fingerprint density at radius 2 is 1.58 bits per heavy atom. The molecular weight excluding hydrogens is 314 g/mol. The van der Waals surface area contributed by atoms with Gasteiger partial charge in [0.15, 0.2) is 5.78 Å². The Morgan fingerprint density at radius 1 is 0.875 bits per heavy atom. The molecule has 0 rings (SSSR count). The van der Waals surface area contributed by atoms with E-state index in [1.165, 1.54) is 0 Å². The van der Waals surface area contributed by atoms with Gasteiger partial charge in [-0.15, -0.1) is 0 Å². The summed E-state index contributed by atoms with van der Waals surface area (Å²) in [6.45, 7) is 4.30. The van der Waals surface area contributed by atoms with Crippen LogP contribution < -0.4 is 16.4 Å². The Balaban J connectivity index is 3.30. The zero-order chi connectivity index (χ0) is 18.0. The van der Waals surface area contributed by atoms with Crippen molar-refractivity contribution in [2.24, 2.45) is 5.73 Å². The van der Waals surface area contributed by atoms with Crippen LogP contribution in [-0.2, 0) is 23.9 Å². The standard InChI is InChI=1S/C16H31N3O5/c1-2-3-5-14(20)13-19-15(21)6-9-24-11-10-23-8-4-7-18-16(22)12-17/h2-13,17H2,1H3,(H,18,22)(H,19,21). The van der Waals surface area contributed by atoms with Gasteiger partial charge in [-0.2, -0.15) is 0 Å². The lowest BCUT2D eigenvalue weighted by atomic mass is 10.2. The molecule has 0 saturated carbocycles. The molecular formula is C16H31N3O5. The van der Waals surface area contributed by atoms with Crippen LogP contribution in [0.2, 0.25) is 0 Å². The molecule has 0 heterocycles. The first-order chi connectivity index (χ1) is 11.6. The van der Waals surface area contributed by atoms with Crippen molar-refractivity contribution in [2.75, 3.05) is 46.1 Å². The molecule has 0 spiro atoms. The molecule has 2 amide bonds. The van der Waals surface area contributed by atoms with Gasteiger partial charge in [-0.3, -0.25) is 14.4 Å². The minimum absolute atomic E-state index is 0.00479. The van der Waals surface area contributed by atoms with E-state index in [9.17, 15) is 14.4 Å². The van der Waals surface area contributed by atoms with Gasteiger partial charge in [-0.25, -0.2) is 0 Å². The first-order valence-corrected chi connectivity index (χ1v) is 8.50. The number of hydrogen-bond donors (Lipinski definition) is 3. The summed E-state index contributed by atoms with van der Waals surface area (Å²) in [5, 5.41) is 5.23. The zero-order valence-corrected chi connectivity index (χ0v) is 14.6. The Hall–Kier alpha value is -1.51. The van der Waals surface area contributed by atoms with Gasteiger partial charge in [0.05, 0.1) is 32.9 Å². The molecule has 4 N–H and O–H groups in total. The van der Waals surface area contributed by atoms with Crippen molar-refractivity contribution in [3.63, 3.8) is 0 Å². The Morgan fingerprint density at radius 3 is 2.25 bits per heavy atom. The first-order valence-electron chi connectivity index (χ1n) is 8.50. The fourth-order valence-corrected chi connectivity index (χ4v) is 1.71. The molecule has 0 aromatic heterocycles. The molecule has 0 radical (unpaired) electrons. The molecule has 0 unspecified atom stereocenters. The van der Waals surface area contributed by atoms with E-state index < -0.39 is 0 Å². The summed E-state index contributed by atoms with van der Waals surface area (Å²) in [6.07, 6.45) is 3.28. The van der Waals surface area contributed by atoms with Crippen molar-refractivity contribution in [3.05, 3.63) is 0 Å². The lowest BCUT2D eigenvalue weighted by Crippen LogP contribution is -2.31. The van der Waals surface area contributed by atoms with Crippen LogP contribution in [0.3, 0.4) is 0 Å². The third kappa shape index (κ3) is 15.4. The van der Waals surface area contributed by atoms with Crippen LogP contribution in [0.25, 0.3) is 0 Å². The maximum Gasteiger partial charge on any atom is 0.233 e. The van der Waals surface area contributed by atoms with E-state index in [4.69, 9.17) is 15.2 Å². The van der Waals surface area contributed by atoms with Gasteiger partial charge < -0.3 is 25.8 Å². The molecule has 0 aromatic carbocycles. The first kappa shape index (κ1) is 22.5. The lowest BCUT2D eigenvalue weighted by molar-refractivity contribution is -0.126. The zero-order valence-electron chi connectivity index (χ0n) is 14.6. The van der Waals surface area contributed by atoms with Crippen molar-refractivity contribution in [2.45, 2.75) is 39.0 Å². The van der Waals surface area contributed by atoms with Gasteiger partial charge in [0.1, 0.15) is 0 Å². The highest BCUT2D eigenvalue weighted by atomic mass is 16.5. The Labute approximate surface area is 143 Å². The summed E-state index contributed by atoms with van der Waals surface area (Å²) in [5.74, 6) is -0.303. The predicted octanol–water partition coefficient (Wildman–Crippen LogP) is -0.250. The number of unbranched alkanes of at least 4 members (excludes halogenated alkanes) is 1. The maximum atomic E-state index is 11.5. The van der Waals surface area contributed by atoms with Crippen molar-refractivity contribution in [3.8, 4) is 0 Å². The highest BCUT2D eigenvalue weighted by Gasteiger charge is 2.05. The van der Waals surface area contributed by atoms with Gasteiger partial charge in [0, 0.05) is 26.0 Å². The summed E-state index contributed by atoms with van der Waals surface area (Å²) in [7, 11) is 0. The highest BCUT2D eigenvalue weighted by Crippen LogP contribution is 1.94. The molecule has 0 saturated heterocycles. The van der Waals surface area contributed by atoms with Gasteiger partial charge in [0.25, 0.3) is 0 Å². The summed E-state index contributed by atoms with van der Waals surface area (Å²) in [4.78, 5) is 33.7. The van der Waals surface area contributed by atoms with Crippen LogP contribution >= 0.6 is 0 Å². The minimum Gasteiger partial charge on any atom is -0.379 e. The highest BCUT2D eigenvalue weighted by molar-refractivity contribution is 5.85. The molecule has 0 atom stereocenters. The summed E-state index contributed by atoms with van der Waals surface area (Å²) < 4.78 is 10.6. The number of ketones is 1. The Bertz CT molecular complexity index is 364. The minimum atomic E-state index is -0.184. The van der Waals surface area contributed by atoms with E-state index in [0.29, 0.717) is 45.8 Å². The van der Waals surface area contributed by atoms with Crippen LogP contribution in [0.15, 0.2) is 0 Å². The third-order valence-electron chi connectivity index (χ3n) is 3.11. The Kier molecular flexibility index (Phi) is 15.3. The molecule has 0 bridgehead atoms. The SMILES string of the molecule is CCCCC(=O)CNC(=O)CCOCCOCCCNC(=O)CN. The van der Waals surface area contributed by atoms with Crippen LogP contribution in [-0.4, -0.2) is 63.7 Å². The van der Waals surface area contributed by atoms with Crippen molar-refractivity contribution >= 4 is 17.6 Å². The number of nitrogens with two attached hydrogens (primary N) is 1. The number of Topliss-reactive ketones (excluding diaryl/α,β-unsaturated/α-hetero) is 1. The quantitative estimate of drug-likeness (QED) is 0.332. The molecule has 140 valence electrons. The van der Waals surface area contributed by atoms with E-state index in [0.717, 1.165) is 12.8 Å². The summed E-state index contributed by atoms with van der Waals surface area (Å²) in [5.41, 5.74) is 5.15. The predicted molar refractivity (Wildman–Crippen MR) is 90.5 cm³/mol. The second-order valence-electron chi connectivity index (χ2n) is 5.30. The monoisotopic (exact) mass is 345 g/mol. The molecule has 0 aromatic rings. The molecule has 0 aliphatic carbocycles. The van der Waals surface area contributed by atoms with E-state index in [2.05, 4.69) is 10.6 Å². The molecule has 0 aliphatic rings. The van der Waals surface area contributed by atoms with E-state index in [1.54, 1.807) is 0 Å². The number of nitrogens with one attached hydrogen (secondary N) is 2. The van der Waals surface area contributed by atoms with Crippen LogP contribution in [0, 0.1) is 0 Å². The summed E-state index contributed by atoms with van der Waals surface area (Å²) >= 11 is 0. The van der Waals surface area contributed by atoms with Gasteiger partial charge in [-0.1, -0.05) is 13.3 Å². The van der Waals surface area contributed by atoms with Crippen molar-refractivity contribution in [1.82, 2.24) is 10.6 Å². The average molecular weight is 345 g/mol. The topological polar surface area (TPSA) is 120 Å². The normalized spacial score (nSPS) is 10.4. The smallest absolute Gasteiger partial charge is 0.233 e. The van der Waals surface area contributed by atoms with Gasteiger partial charge >= 0.3 is 0 Å². The van der Waals surface area contributed by atoms with Gasteiger partial charge in [-0.05, 0) is 12.8 Å².